The van der Waals surface area contributed by atoms with Crippen LogP contribution in [0.4, 0.5) is 5.69 Å². The van der Waals surface area contributed by atoms with Crippen molar-refractivity contribution in [1.29, 1.82) is 0 Å². The van der Waals surface area contributed by atoms with E-state index >= 15 is 0 Å². The third-order valence-electron chi connectivity index (χ3n) is 6.15. The number of aromatic nitrogens is 2. The summed E-state index contributed by atoms with van der Waals surface area (Å²) in [6.07, 6.45) is 3.38. The first-order valence-corrected chi connectivity index (χ1v) is 10.9. The molecule has 32 heavy (non-hydrogen) atoms. The number of rotatable bonds is 4. The molecule has 8 nitrogen and oxygen atoms in total. The van der Waals surface area contributed by atoms with Crippen LogP contribution in [-0.2, 0) is 11.3 Å². The largest absolute Gasteiger partial charge is 0.507 e. The minimum atomic E-state index is 0.160. The van der Waals surface area contributed by atoms with Gasteiger partial charge in [-0.3, -0.25) is 9.89 Å². The maximum absolute atomic E-state index is 10.9. The molecule has 0 saturated carbocycles. The number of imidazole rings is 1. The molecule has 0 atom stereocenters. The average Bonchev–Trinajstić information content (AvgIpc) is 3.49. The quantitative estimate of drug-likeness (QED) is 0.624. The van der Waals surface area contributed by atoms with Gasteiger partial charge in [0.2, 0.25) is 0 Å². The average molecular weight is 428 g/mol. The molecular weight excluding hydrogens is 404 g/mol. The van der Waals surface area contributed by atoms with Gasteiger partial charge in [0, 0.05) is 43.4 Å². The van der Waals surface area contributed by atoms with Gasteiger partial charge < -0.3 is 19.7 Å². The number of ether oxygens (including phenoxy) is 1. The molecule has 0 bridgehead atoms. The number of aliphatic imine (C=N–C) groups is 2. The number of morpholine rings is 1. The number of aliphatic hydroxyl groups is 1. The topological polar surface area (TPSA) is 89.3 Å². The molecule has 1 aromatic heterocycles. The van der Waals surface area contributed by atoms with Gasteiger partial charge in [-0.05, 0) is 35.9 Å². The van der Waals surface area contributed by atoms with Crippen molar-refractivity contribution in [2.45, 2.75) is 6.54 Å². The lowest BCUT2D eigenvalue weighted by Crippen LogP contribution is -2.37. The maximum atomic E-state index is 10.9. The second-order valence-corrected chi connectivity index (χ2v) is 8.23. The predicted octanol–water partition coefficient (Wildman–Crippen LogP) is 3.10. The van der Waals surface area contributed by atoms with Crippen LogP contribution in [0.3, 0.4) is 0 Å². The molecule has 0 spiro atoms. The van der Waals surface area contributed by atoms with Crippen molar-refractivity contribution in [2.75, 3.05) is 39.4 Å². The van der Waals surface area contributed by atoms with E-state index in [2.05, 4.69) is 38.0 Å². The van der Waals surface area contributed by atoms with Crippen molar-refractivity contribution in [3.63, 3.8) is 0 Å². The zero-order valence-corrected chi connectivity index (χ0v) is 17.7. The number of nitrogens with zero attached hydrogens (tertiary/aromatic N) is 5. The Morgan fingerprint density at radius 1 is 1.12 bits per heavy atom. The molecule has 0 amide bonds. The summed E-state index contributed by atoms with van der Waals surface area (Å²) in [7, 11) is 0. The number of nitrogens with one attached hydrogen (secondary N) is 1. The number of aromatic amines is 1. The summed E-state index contributed by atoms with van der Waals surface area (Å²) in [6.45, 7) is 5.82. The molecule has 162 valence electrons. The van der Waals surface area contributed by atoms with Crippen molar-refractivity contribution in [2.24, 2.45) is 9.98 Å². The number of amidine groups is 2. The lowest BCUT2D eigenvalue weighted by atomic mass is 10.0. The molecule has 4 heterocycles. The number of hydrogen-bond donors (Lipinski definition) is 2. The molecule has 6 rings (SSSR count). The van der Waals surface area contributed by atoms with Crippen molar-refractivity contribution < 1.29 is 9.84 Å². The molecule has 3 aliphatic heterocycles. The number of benzene rings is 2. The lowest BCUT2D eigenvalue weighted by Gasteiger charge is -2.28. The monoisotopic (exact) mass is 428 g/mol. The fraction of sp³-hybridized carbons (Fsp3) is 0.292. The van der Waals surface area contributed by atoms with Gasteiger partial charge in [0.1, 0.15) is 17.4 Å². The Labute approximate surface area is 185 Å². The highest BCUT2D eigenvalue weighted by atomic mass is 16.5. The molecule has 3 aromatic rings. The predicted molar refractivity (Wildman–Crippen MR) is 124 cm³/mol. The van der Waals surface area contributed by atoms with Crippen LogP contribution in [0.5, 0.6) is 0 Å². The van der Waals surface area contributed by atoms with Crippen molar-refractivity contribution in [3.8, 4) is 0 Å². The Morgan fingerprint density at radius 2 is 2.03 bits per heavy atom. The van der Waals surface area contributed by atoms with Gasteiger partial charge in [0.05, 0.1) is 42.8 Å². The Hall–Kier alpha value is -3.49. The van der Waals surface area contributed by atoms with Gasteiger partial charge in [0.15, 0.2) is 0 Å². The van der Waals surface area contributed by atoms with Crippen LogP contribution in [0.1, 0.15) is 16.7 Å². The van der Waals surface area contributed by atoms with E-state index in [-0.39, 0.29) is 5.76 Å². The molecule has 0 aliphatic carbocycles. The van der Waals surface area contributed by atoms with Crippen LogP contribution >= 0.6 is 0 Å². The first kappa shape index (κ1) is 19.2. The Balaban J connectivity index is 1.34. The Kier molecular flexibility index (Phi) is 4.74. The van der Waals surface area contributed by atoms with E-state index in [0.29, 0.717) is 11.4 Å². The van der Waals surface area contributed by atoms with E-state index in [1.54, 1.807) is 12.4 Å². The molecule has 3 aliphatic rings. The Bertz CT molecular complexity index is 1270. The Morgan fingerprint density at radius 3 is 2.94 bits per heavy atom. The molecule has 8 heteroatoms. The summed E-state index contributed by atoms with van der Waals surface area (Å²) in [4.78, 5) is 21.5. The smallest absolute Gasteiger partial charge is 0.138 e. The van der Waals surface area contributed by atoms with E-state index in [1.165, 1.54) is 5.56 Å². The first-order chi connectivity index (χ1) is 15.7. The molecule has 1 fully saturated rings. The van der Waals surface area contributed by atoms with Crippen LogP contribution in [0.2, 0.25) is 0 Å². The molecule has 0 unspecified atom stereocenters. The van der Waals surface area contributed by atoms with E-state index < -0.39 is 0 Å². The standard InChI is InChI=1S/C24H24N6O2/c31-22(17-2-4-19-21(12-17)27-15-26-19)13-23-28-20-11-16(14-29-7-9-32-10-8-29)1-3-18(20)24-25-5-6-30(23)24/h1-4,11-13,15,31H,5-10,14H2,(H,26,27)/b22-13-. The summed E-state index contributed by atoms with van der Waals surface area (Å²) >= 11 is 0. The summed E-state index contributed by atoms with van der Waals surface area (Å²) in [5.41, 5.74) is 5.62. The van der Waals surface area contributed by atoms with Crippen molar-refractivity contribution in [1.82, 2.24) is 19.8 Å². The fourth-order valence-electron chi connectivity index (χ4n) is 4.47. The molecular formula is C24H24N6O2. The van der Waals surface area contributed by atoms with Crippen LogP contribution in [0.25, 0.3) is 16.8 Å². The summed E-state index contributed by atoms with van der Waals surface area (Å²) in [6, 6.07) is 12.1. The minimum Gasteiger partial charge on any atom is -0.507 e. The summed E-state index contributed by atoms with van der Waals surface area (Å²) in [5, 5.41) is 10.9. The summed E-state index contributed by atoms with van der Waals surface area (Å²) in [5.74, 6) is 1.79. The zero-order chi connectivity index (χ0) is 21.5. The van der Waals surface area contributed by atoms with Crippen LogP contribution < -0.4 is 0 Å². The second-order valence-electron chi connectivity index (χ2n) is 8.23. The second kappa shape index (κ2) is 7.89. The molecule has 1 saturated heterocycles. The third kappa shape index (κ3) is 3.47. The molecule has 2 aromatic carbocycles. The van der Waals surface area contributed by atoms with Gasteiger partial charge in [-0.2, -0.15) is 0 Å². The summed E-state index contributed by atoms with van der Waals surface area (Å²) < 4.78 is 5.46. The molecule has 0 radical (unpaired) electrons. The third-order valence-corrected chi connectivity index (χ3v) is 6.15. The normalized spacial score (nSPS) is 19.0. The van der Waals surface area contributed by atoms with Crippen LogP contribution in [-0.4, -0.2) is 75.9 Å². The van der Waals surface area contributed by atoms with Gasteiger partial charge in [-0.15, -0.1) is 0 Å². The highest BCUT2D eigenvalue weighted by Crippen LogP contribution is 2.31. The number of H-pyrrole nitrogens is 1. The highest BCUT2D eigenvalue weighted by molar-refractivity contribution is 6.20. The minimum absolute atomic E-state index is 0.160. The van der Waals surface area contributed by atoms with E-state index in [1.807, 2.05) is 18.2 Å². The highest BCUT2D eigenvalue weighted by Gasteiger charge is 2.29. The lowest BCUT2D eigenvalue weighted by molar-refractivity contribution is 0.0342. The fourth-order valence-corrected chi connectivity index (χ4v) is 4.47. The van der Waals surface area contributed by atoms with E-state index in [9.17, 15) is 5.11 Å². The maximum Gasteiger partial charge on any atom is 0.138 e. The number of fused-ring (bicyclic) bond motifs is 4. The van der Waals surface area contributed by atoms with Gasteiger partial charge >= 0.3 is 0 Å². The van der Waals surface area contributed by atoms with Crippen LogP contribution in [0.15, 0.2) is 58.8 Å². The van der Waals surface area contributed by atoms with Gasteiger partial charge in [-0.25, -0.2) is 9.98 Å². The van der Waals surface area contributed by atoms with Crippen LogP contribution in [0, 0.1) is 0 Å². The number of aliphatic hydroxyl groups excluding tert-OH is 1. The van der Waals surface area contributed by atoms with Gasteiger partial charge in [-0.1, -0.05) is 6.07 Å². The van der Waals surface area contributed by atoms with Gasteiger partial charge in [0.25, 0.3) is 0 Å². The zero-order valence-electron chi connectivity index (χ0n) is 17.7. The van der Waals surface area contributed by atoms with Crippen molar-refractivity contribution >= 4 is 34.2 Å². The molecule has 2 N–H and O–H groups in total. The SMILES string of the molecule is O/C(=C\C1=Nc2cc(CN3CCOCC3)ccc2C2=NCCN12)c1ccc2[nH]cnc2c1. The van der Waals surface area contributed by atoms with Crippen molar-refractivity contribution in [3.05, 3.63) is 65.5 Å². The van der Waals surface area contributed by atoms with E-state index in [0.717, 1.165) is 74.1 Å². The van der Waals surface area contributed by atoms with E-state index in [4.69, 9.17) is 14.7 Å². The first-order valence-electron chi connectivity index (χ1n) is 10.9. The number of hydrogen-bond acceptors (Lipinski definition) is 7.